The standard InChI is InChI=1S/C6H8N4O2S/c11-5(12)3-1-4(2-3)7-6-8-9-10-13-6/h3-4H,1-2H2,(H,11,12)(H,7,8,10). The summed E-state index contributed by atoms with van der Waals surface area (Å²) in [7, 11) is 0. The first-order chi connectivity index (χ1) is 6.25. The number of aliphatic carboxylic acids is 1. The quantitative estimate of drug-likeness (QED) is 0.725. The Morgan fingerprint density at radius 1 is 1.62 bits per heavy atom. The van der Waals surface area contributed by atoms with Crippen LogP contribution in [0, 0.1) is 5.92 Å². The second-order valence-electron chi connectivity index (χ2n) is 3.02. The molecule has 0 aromatic carbocycles. The van der Waals surface area contributed by atoms with Gasteiger partial charge in [-0.1, -0.05) is 9.59 Å². The van der Waals surface area contributed by atoms with E-state index in [1.165, 1.54) is 11.5 Å². The minimum absolute atomic E-state index is 0.196. The van der Waals surface area contributed by atoms with Crippen LogP contribution < -0.4 is 5.32 Å². The van der Waals surface area contributed by atoms with Crippen LogP contribution in [0.3, 0.4) is 0 Å². The number of nitrogens with one attached hydrogen (secondary N) is 1. The van der Waals surface area contributed by atoms with E-state index in [4.69, 9.17) is 5.11 Å². The lowest BCUT2D eigenvalue weighted by molar-refractivity contribution is -0.144. The average Bonchev–Trinajstić information content (AvgIpc) is 2.46. The fraction of sp³-hybridized carbons (Fsp3) is 0.667. The third-order valence-corrected chi connectivity index (χ3v) is 2.64. The van der Waals surface area contributed by atoms with Crippen molar-refractivity contribution in [3.8, 4) is 0 Å². The SMILES string of the molecule is O=C(O)C1CC(Nc2nnns2)C1. The highest BCUT2D eigenvalue weighted by Gasteiger charge is 2.34. The Balaban J connectivity index is 1.79. The minimum atomic E-state index is -0.714. The molecule has 2 N–H and O–H groups in total. The molecule has 0 unspecified atom stereocenters. The normalized spacial score (nSPS) is 26.5. The van der Waals surface area contributed by atoms with Crippen LogP contribution in [0.5, 0.6) is 0 Å². The molecule has 1 saturated carbocycles. The molecule has 2 rings (SSSR count). The molecule has 1 aromatic heterocycles. The van der Waals surface area contributed by atoms with E-state index in [1.54, 1.807) is 0 Å². The Bertz CT molecular complexity index is 296. The highest BCUT2D eigenvalue weighted by atomic mass is 32.1. The molecular weight excluding hydrogens is 192 g/mol. The zero-order chi connectivity index (χ0) is 9.26. The van der Waals surface area contributed by atoms with Crippen LogP contribution in [0.2, 0.25) is 0 Å². The van der Waals surface area contributed by atoms with Crippen LogP contribution in [0.25, 0.3) is 0 Å². The zero-order valence-corrected chi connectivity index (χ0v) is 7.49. The van der Waals surface area contributed by atoms with E-state index in [2.05, 4.69) is 20.1 Å². The van der Waals surface area contributed by atoms with Gasteiger partial charge in [0.15, 0.2) is 0 Å². The highest BCUT2D eigenvalue weighted by molar-refractivity contribution is 7.09. The van der Waals surface area contributed by atoms with Crippen molar-refractivity contribution in [2.24, 2.45) is 5.92 Å². The molecule has 0 aliphatic heterocycles. The van der Waals surface area contributed by atoms with Gasteiger partial charge >= 0.3 is 5.97 Å². The molecule has 0 bridgehead atoms. The second-order valence-corrected chi connectivity index (χ2v) is 3.75. The van der Waals surface area contributed by atoms with Crippen molar-refractivity contribution in [3.63, 3.8) is 0 Å². The third-order valence-electron chi connectivity index (χ3n) is 2.11. The molecule has 1 aliphatic carbocycles. The summed E-state index contributed by atoms with van der Waals surface area (Å²) in [5.74, 6) is -0.910. The van der Waals surface area contributed by atoms with Crippen molar-refractivity contribution < 1.29 is 9.90 Å². The zero-order valence-electron chi connectivity index (χ0n) is 6.67. The molecule has 7 heteroatoms. The van der Waals surface area contributed by atoms with Crippen molar-refractivity contribution >= 4 is 22.6 Å². The molecule has 6 nitrogen and oxygen atoms in total. The van der Waals surface area contributed by atoms with E-state index in [0.29, 0.717) is 18.0 Å². The average molecular weight is 200 g/mol. The lowest BCUT2D eigenvalue weighted by atomic mass is 9.80. The van der Waals surface area contributed by atoms with Gasteiger partial charge in [-0.05, 0) is 18.1 Å². The Kier molecular flexibility index (Phi) is 2.09. The van der Waals surface area contributed by atoms with Crippen molar-refractivity contribution in [2.45, 2.75) is 18.9 Å². The van der Waals surface area contributed by atoms with Crippen molar-refractivity contribution in [3.05, 3.63) is 0 Å². The summed E-state index contributed by atoms with van der Waals surface area (Å²) in [5.41, 5.74) is 0. The van der Waals surface area contributed by atoms with Crippen molar-refractivity contribution in [1.82, 2.24) is 14.8 Å². The largest absolute Gasteiger partial charge is 0.481 e. The van der Waals surface area contributed by atoms with Crippen LogP contribution in [0.1, 0.15) is 12.8 Å². The molecule has 1 aliphatic rings. The summed E-state index contributed by atoms with van der Waals surface area (Å²) in [6.07, 6.45) is 1.32. The number of carboxylic acids is 1. The fourth-order valence-corrected chi connectivity index (χ4v) is 1.74. The number of aromatic nitrogens is 3. The molecule has 1 aromatic rings. The van der Waals surface area contributed by atoms with Gasteiger partial charge in [0.05, 0.1) is 5.92 Å². The Morgan fingerprint density at radius 3 is 2.92 bits per heavy atom. The van der Waals surface area contributed by atoms with E-state index in [1.807, 2.05) is 0 Å². The number of carboxylic acid groups (broad SMARTS) is 1. The molecule has 0 amide bonds. The van der Waals surface area contributed by atoms with Crippen molar-refractivity contribution in [1.29, 1.82) is 0 Å². The van der Waals surface area contributed by atoms with E-state index < -0.39 is 5.97 Å². The van der Waals surface area contributed by atoms with Crippen LogP contribution in [0.15, 0.2) is 0 Å². The van der Waals surface area contributed by atoms with Gasteiger partial charge in [0.1, 0.15) is 0 Å². The summed E-state index contributed by atoms with van der Waals surface area (Å²) in [5, 5.41) is 19.5. The van der Waals surface area contributed by atoms with Gasteiger partial charge in [0.25, 0.3) is 0 Å². The summed E-state index contributed by atoms with van der Waals surface area (Å²) >= 11 is 1.18. The summed E-state index contributed by atoms with van der Waals surface area (Å²) in [6.45, 7) is 0. The smallest absolute Gasteiger partial charge is 0.306 e. The summed E-state index contributed by atoms with van der Waals surface area (Å²) < 4.78 is 3.59. The molecule has 13 heavy (non-hydrogen) atoms. The number of rotatable bonds is 3. The molecule has 70 valence electrons. The van der Waals surface area contributed by atoms with E-state index in [-0.39, 0.29) is 12.0 Å². The topological polar surface area (TPSA) is 88.0 Å². The second kappa shape index (κ2) is 3.25. The van der Waals surface area contributed by atoms with Crippen molar-refractivity contribution in [2.75, 3.05) is 5.32 Å². The third kappa shape index (κ3) is 1.74. The summed E-state index contributed by atoms with van der Waals surface area (Å²) in [6, 6.07) is 0.218. The minimum Gasteiger partial charge on any atom is -0.481 e. The lowest BCUT2D eigenvalue weighted by Gasteiger charge is -2.32. The maximum atomic E-state index is 10.5. The van der Waals surface area contributed by atoms with Gasteiger partial charge in [0, 0.05) is 17.6 Å². The fourth-order valence-electron chi connectivity index (χ4n) is 1.30. The van der Waals surface area contributed by atoms with Gasteiger partial charge in [-0.2, -0.15) is 0 Å². The van der Waals surface area contributed by atoms with Gasteiger partial charge in [0.2, 0.25) is 5.13 Å². The first kappa shape index (κ1) is 8.36. The van der Waals surface area contributed by atoms with Gasteiger partial charge in [-0.15, -0.1) is 0 Å². The van der Waals surface area contributed by atoms with Gasteiger partial charge in [-0.25, -0.2) is 0 Å². The number of hydrogen-bond donors (Lipinski definition) is 2. The maximum absolute atomic E-state index is 10.5. The molecule has 1 fully saturated rings. The summed E-state index contributed by atoms with van der Waals surface area (Å²) in [4.78, 5) is 10.5. The van der Waals surface area contributed by atoms with Crippen LogP contribution in [0.4, 0.5) is 5.13 Å². The molecular formula is C6H8N4O2S. The Morgan fingerprint density at radius 2 is 2.38 bits per heavy atom. The molecule has 1 heterocycles. The number of nitrogens with zero attached hydrogens (tertiary/aromatic N) is 3. The Labute approximate surface area is 78.1 Å². The van der Waals surface area contributed by atoms with Gasteiger partial charge in [-0.3, -0.25) is 4.79 Å². The monoisotopic (exact) mass is 200 g/mol. The first-order valence-corrected chi connectivity index (χ1v) is 4.67. The van der Waals surface area contributed by atoms with Gasteiger partial charge < -0.3 is 10.4 Å². The number of carbonyl (C=O) groups is 1. The number of hydrogen-bond acceptors (Lipinski definition) is 6. The molecule has 0 spiro atoms. The lowest BCUT2D eigenvalue weighted by Crippen LogP contribution is -2.39. The predicted octanol–water partition coefficient (Wildman–Crippen LogP) is 0.208. The first-order valence-electron chi connectivity index (χ1n) is 3.90. The predicted molar refractivity (Wildman–Crippen MR) is 45.5 cm³/mol. The Hall–Kier alpha value is -1.24. The maximum Gasteiger partial charge on any atom is 0.306 e. The molecule has 0 radical (unpaired) electrons. The van der Waals surface area contributed by atoms with Crippen LogP contribution >= 0.6 is 11.5 Å². The van der Waals surface area contributed by atoms with E-state index >= 15 is 0 Å². The molecule has 0 atom stereocenters. The van der Waals surface area contributed by atoms with Crippen LogP contribution in [-0.4, -0.2) is 31.9 Å². The van der Waals surface area contributed by atoms with E-state index in [9.17, 15) is 4.79 Å². The highest BCUT2D eigenvalue weighted by Crippen LogP contribution is 2.30. The number of anilines is 1. The van der Waals surface area contributed by atoms with E-state index in [0.717, 1.165) is 0 Å². The molecule has 0 saturated heterocycles. The van der Waals surface area contributed by atoms with Crippen LogP contribution in [-0.2, 0) is 4.79 Å².